The van der Waals surface area contributed by atoms with Gasteiger partial charge in [0.1, 0.15) is 17.5 Å². The van der Waals surface area contributed by atoms with Crippen LogP contribution in [-0.2, 0) is 9.59 Å². The van der Waals surface area contributed by atoms with Crippen molar-refractivity contribution in [2.24, 2.45) is 10.1 Å². The van der Waals surface area contributed by atoms with Gasteiger partial charge in [0.05, 0.1) is 19.7 Å². The first-order chi connectivity index (χ1) is 13.5. The molecule has 28 heavy (non-hydrogen) atoms. The van der Waals surface area contributed by atoms with Crippen molar-refractivity contribution < 1.29 is 19.4 Å². The molecule has 0 bridgehead atoms. The van der Waals surface area contributed by atoms with Gasteiger partial charge in [0.25, 0.3) is 5.91 Å². The smallest absolute Gasteiger partial charge is 0.252 e. The van der Waals surface area contributed by atoms with Crippen molar-refractivity contribution in [1.29, 1.82) is 0 Å². The van der Waals surface area contributed by atoms with E-state index in [0.717, 1.165) is 0 Å². The number of guanidine groups is 1. The van der Waals surface area contributed by atoms with Gasteiger partial charge in [0.2, 0.25) is 11.9 Å². The molecule has 144 valence electrons. The quantitative estimate of drug-likeness (QED) is 0.442. The van der Waals surface area contributed by atoms with Gasteiger partial charge in [0, 0.05) is 11.3 Å². The number of anilines is 1. The maximum absolute atomic E-state index is 12.1. The van der Waals surface area contributed by atoms with E-state index in [1.807, 2.05) is 0 Å². The Bertz CT molecular complexity index is 924. The number of methoxy groups -OCH3 is 1. The molecule has 1 aliphatic heterocycles. The molecule has 9 heteroatoms. The summed E-state index contributed by atoms with van der Waals surface area (Å²) in [5.74, 6) is 0.161. The fourth-order valence-electron chi connectivity index (χ4n) is 2.46. The zero-order chi connectivity index (χ0) is 19.9. The molecule has 0 spiro atoms. The summed E-state index contributed by atoms with van der Waals surface area (Å²) in [7, 11) is 1.56. The van der Waals surface area contributed by atoms with Crippen LogP contribution in [0.15, 0.2) is 58.6 Å². The summed E-state index contributed by atoms with van der Waals surface area (Å²) in [5.41, 5.74) is 3.69. The molecule has 1 heterocycles. The number of carbonyl (C=O) groups excluding carboxylic acids is 2. The van der Waals surface area contributed by atoms with Crippen LogP contribution in [0, 0.1) is 0 Å². The first-order valence-corrected chi connectivity index (χ1v) is 8.45. The van der Waals surface area contributed by atoms with Crippen LogP contribution in [-0.4, -0.2) is 42.2 Å². The fraction of sp³-hybridized carbons (Fsp3) is 0.158. The third-order valence-corrected chi connectivity index (χ3v) is 3.89. The summed E-state index contributed by atoms with van der Waals surface area (Å²) in [6.45, 7) is 0. The Morgan fingerprint density at radius 3 is 2.75 bits per heavy atom. The molecule has 1 unspecified atom stereocenters. The van der Waals surface area contributed by atoms with E-state index in [2.05, 4.69) is 26.2 Å². The van der Waals surface area contributed by atoms with Crippen molar-refractivity contribution in [3.63, 3.8) is 0 Å². The summed E-state index contributed by atoms with van der Waals surface area (Å²) >= 11 is 0. The molecule has 0 aromatic heterocycles. The van der Waals surface area contributed by atoms with Crippen LogP contribution in [0.25, 0.3) is 0 Å². The van der Waals surface area contributed by atoms with E-state index in [1.165, 1.54) is 12.3 Å². The molecule has 2 amide bonds. The fourth-order valence-corrected chi connectivity index (χ4v) is 2.46. The third kappa shape index (κ3) is 4.85. The average Bonchev–Trinajstić information content (AvgIpc) is 3.03. The van der Waals surface area contributed by atoms with Crippen molar-refractivity contribution in [3.8, 4) is 11.5 Å². The molecular formula is C19H19N5O4. The molecule has 0 saturated carbocycles. The van der Waals surface area contributed by atoms with Gasteiger partial charge in [-0.15, -0.1) is 0 Å². The van der Waals surface area contributed by atoms with E-state index in [1.54, 1.807) is 49.6 Å². The predicted molar refractivity (Wildman–Crippen MR) is 104 cm³/mol. The second-order valence-electron chi connectivity index (χ2n) is 5.89. The van der Waals surface area contributed by atoms with Crippen LogP contribution in [0.5, 0.6) is 11.5 Å². The Morgan fingerprint density at radius 1 is 1.29 bits per heavy atom. The second-order valence-corrected chi connectivity index (χ2v) is 5.89. The number of amides is 2. The van der Waals surface area contributed by atoms with Gasteiger partial charge in [-0.1, -0.05) is 12.1 Å². The van der Waals surface area contributed by atoms with E-state index >= 15 is 0 Å². The molecule has 9 nitrogen and oxygen atoms in total. The van der Waals surface area contributed by atoms with Gasteiger partial charge in [-0.3, -0.25) is 14.9 Å². The Kier molecular flexibility index (Phi) is 5.85. The molecule has 1 aliphatic rings. The van der Waals surface area contributed by atoms with Crippen LogP contribution in [0.1, 0.15) is 12.0 Å². The maximum atomic E-state index is 12.1. The van der Waals surface area contributed by atoms with Gasteiger partial charge < -0.3 is 15.2 Å². The highest BCUT2D eigenvalue weighted by molar-refractivity contribution is 6.07. The number of hydrazone groups is 1. The number of phenolic OH excluding ortho intramolecular Hbond substituents is 1. The van der Waals surface area contributed by atoms with Gasteiger partial charge in [-0.05, 0) is 36.4 Å². The van der Waals surface area contributed by atoms with E-state index in [9.17, 15) is 14.7 Å². The van der Waals surface area contributed by atoms with Gasteiger partial charge in [0.15, 0.2) is 0 Å². The normalized spacial score (nSPS) is 15.8. The number of aliphatic imine (C=N–C) groups is 1. The highest BCUT2D eigenvalue weighted by Gasteiger charge is 2.28. The van der Waals surface area contributed by atoms with Gasteiger partial charge >= 0.3 is 0 Å². The largest absolute Gasteiger partial charge is 0.507 e. The second kappa shape index (κ2) is 8.67. The minimum Gasteiger partial charge on any atom is -0.507 e. The summed E-state index contributed by atoms with van der Waals surface area (Å²) in [6, 6.07) is 12.7. The molecular weight excluding hydrogens is 362 g/mol. The lowest BCUT2D eigenvalue weighted by molar-refractivity contribution is -0.123. The first kappa shape index (κ1) is 18.9. The van der Waals surface area contributed by atoms with Crippen molar-refractivity contribution in [3.05, 3.63) is 54.1 Å². The van der Waals surface area contributed by atoms with Crippen molar-refractivity contribution >= 4 is 29.7 Å². The Balaban J connectivity index is 1.54. The van der Waals surface area contributed by atoms with E-state index in [0.29, 0.717) is 17.0 Å². The Hall–Kier alpha value is -3.88. The number of phenols is 1. The lowest BCUT2D eigenvalue weighted by atomic mass is 10.2. The standard InChI is InChI=1S/C19H19N5O4/c1-28-14-8-6-13(7-9-14)21-17(26)10-15-18(27)23-19(22-15)24-20-11-12-4-2-3-5-16(12)25/h2-9,11,15,25H,10H2,1H3,(H,21,26)(H2,22,23,24,27)/b20-11+. The minimum absolute atomic E-state index is 0.0820. The highest BCUT2D eigenvalue weighted by Crippen LogP contribution is 2.16. The SMILES string of the molecule is COc1ccc(NC(=O)CC2N=C(N/N=C/c3ccccc3O)NC2=O)cc1. The van der Waals surface area contributed by atoms with Crippen molar-refractivity contribution in [2.45, 2.75) is 12.5 Å². The topological polar surface area (TPSA) is 124 Å². The molecule has 3 rings (SSSR count). The van der Waals surface area contributed by atoms with Crippen molar-refractivity contribution in [2.75, 3.05) is 12.4 Å². The molecule has 2 aromatic carbocycles. The molecule has 0 fully saturated rings. The number of nitrogens with zero attached hydrogens (tertiary/aromatic N) is 2. The zero-order valence-corrected chi connectivity index (χ0v) is 15.0. The van der Waals surface area contributed by atoms with E-state index in [-0.39, 0.29) is 24.0 Å². The molecule has 0 radical (unpaired) electrons. The first-order valence-electron chi connectivity index (χ1n) is 8.45. The number of carbonyl (C=O) groups is 2. The Morgan fingerprint density at radius 2 is 2.04 bits per heavy atom. The number of nitrogens with one attached hydrogen (secondary N) is 3. The number of aromatic hydroxyl groups is 1. The summed E-state index contributed by atoms with van der Waals surface area (Å²) in [6.07, 6.45) is 1.29. The Labute approximate surface area is 161 Å². The summed E-state index contributed by atoms with van der Waals surface area (Å²) < 4.78 is 5.06. The average molecular weight is 381 g/mol. The van der Waals surface area contributed by atoms with Crippen LogP contribution in [0.3, 0.4) is 0 Å². The minimum atomic E-state index is -0.846. The number of rotatable bonds is 6. The number of hydrogen-bond donors (Lipinski definition) is 4. The van der Waals surface area contributed by atoms with Crippen LogP contribution >= 0.6 is 0 Å². The third-order valence-electron chi connectivity index (χ3n) is 3.89. The van der Waals surface area contributed by atoms with Crippen LogP contribution in [0.4, 0.5) is 5.69 Å². The number of benzene rings is 2. The molecule has 2 aromatic rings. The number of ether oxygens (including phenoxy) is 1. The van der Waals surface area contributed by atoms with Crippen molar-refractivity contribution in [1.82, 2.24) is 10.7 Å². The summed E-state index contributed by atoms with van der Waals surface area (Å²) in [4.78, 5) is 28.3. The highest BCUT2D eigenvalue weighted by atomic mass is 16.5. The van der Waals surface area contributed by atoms with E-state index < -0.39 is 11.9 Å². The van der Waals surface area contributed by atoms with E-state index in [4.69, 9.17) is 4.74 Å². The zero-order valence-electron chi connectivity index (χ0n) is 15.0. The molecule has 0 saturated heterocycles. The maximum Gasteiger partial charge on any atom is 0.252 e. The number of para-hydroxylation sites is 1. The monoisotopic (exact) mass is 381 g/mol. The van der Waals surface area contributed by atoms with Crippen LogP contribution in [0.2, 0.25) is 0 Å². The lowest BCUT2D eigenvalue weighted by Gasteiger charge is -2.07. The van der Waals surface area contributed by atoms with Crippen LogP contribution < -0.4 is 20.8 Å². The number of hydrogen-bond acceptors (Lipinski definition) is 7. The molecule has 1 atom stereocenters. The molecule has 4 N–H and O–H groups in total. The van der Waals surface area contributed by atoms with Gasteiger partial charge in [-0.25, -0.2) is 10.4 Å². The molecule has 0 aliphatic carbocycles. The summed E-state index contributed by atoms with van der Waals surface area (Å²) in [5, 5.41) is 18.8. The predicted octanol–water partition coefficient (Wildman–Crippen LogP) is 1.21. The lowest BCUT2D eigenvalue weighted by Crippen LogP contribution is -2.35. The van der Waals surface area contributed by atoms with Gasteiger partial charge in [-0.2, -0.15) is 5.10 Å².